The highest BCUT2D eigenvalue weighted by Gasteiger charge is 2.12. The van der Waals surface area contributed by atoms with Crippen molar-refractivity contribution in [3.63, 3.8) is 0 Å². The zero-order chi connectivity index (χ0) is 18.2. The standard InChI is InChI=1S/C20H25N3O2/c1-14(2)17-11-7-8-15(3)20(17)22-19(24)13-25-23-18(21)12-16-9-5-4-6-10-16/h4-11,14H,12-13H2,1-3H3,(H2,21,23)(H,22,24). The summed E-state index contributed by atoms with van der Waals surface area (Å²) in [4.78, 5) is 17.2. The van der Waals surface area contributed by atoms with Gasteiger partial charge >= 0.3 is 0 Å². The number of aryl methyl sites for hydroxylation is 1. The molecule has 0 saturated heterocycles. The number of nitrogens with two attached hydrogens (primary N) is 1. The van der Waals surface area contributed by atoms with Crippen LogP contribution in [0.5, 0.6) is 0 Å². The molecular formula is C20H25N3O2. The highest BCUT2D eigenvalue weighted by atomic mass is 16.6. The zero-order valence-corrected chi connectivity index (χ0v) is 15.0. The lowest BCUT2D eigenvalue weighted by Crippen LogP contribution is -2.21. The average molecular weight is 339 g/mol. The molecule has 2 rings (SSSR count). The summed E-state index contributed by atoms with van der Waals surface area (Å²) in [5, 5.41) is 6.72. The first kappa shape index (κ1) is 18.5. The van der Waals surface area contributed by atoms with E-state index >= 15 is 0 Å². The second kappa shape index (κ2) is 8.87. The molecule has 132 valence electrons. The van der Waals surface area contributed by atoms with Gasteiger partial charge in [-0.15, -0.1) is 0 Å². The summed E-state index contributed by atoms with van der Waals surface area (Å²) in [7, 11) is 0. The van der Waals surface area contributed by atoms with Gasteiger partial charge in [0.15, 0.2) is 6.61 Å². The van der Waals surface area contributed by atoms with Crippen molar-refractivity contribution in [2.24, 2.45) is 10.9 Å². The van der Waals surface area contributed by atoms with E-state index in [4.69, 9.17) is 10.6 Å². The first-order valence-electron chi connectivity index (χ1n) is 8.35. The second-order valence-electron chi connectivity index (χ2n) is 6.26. The van der Waals surface area contributed by atoms with Gasteiger partial charge < -0.3 is 15.9 Å². The Morgan fingerprint density at radius 2 is 1.88 bits per heavy atom. The Kier molecular flexibility index (Phi) is 6.57. The van der Waals surface area contributed by atoms with Gasteiger partial charge in [0.25, 0.3) is 5.91 Å². The van der Waals surface area contributed by atoms with Crippen LogP contribution in [-0.2, 0) is 16.1 Å². The normalized spacial score (nSPS) is 11.4. The SMILES string of the molecule is Cc1cccc(C(C)C)c1NC(=O)CO/N=C(/N)Cc1ccccc1. The number of nitrogens with one attached hydrogen (secondary N) is 1. The van der Waals surface area contributed by atoms with Crippen molar-refractivity contribution in [3.05, 3.63) is 65.2 Å². The van der Waals surface area contributed by atoms with E-state index in [9.17, 15) is 4.79 Å². The number of anilines is 1. The van der Waals surface area contributed by atoms with Crippen LogP contribution in [0.15, 0.2) is 53.7 Å². The quantitative estimate of drug-likeness (QED) is 0.460. The van der Waals surface area contributed by atoms with Crippen LogP contribution < -0.4 is 11.1 Å². The Morgan fingerprint density at radius 1 is 1.16 bits per heavy atom. The monoisotopic (exact) mass is 339 g/mol. The van der Waals surface area contributed by atoms with Gasteiger partial charge in [0.1, 0.15) is 5.84 Å². The fourth-order valence-electron chi connectivity index (χ4n) is 2.53. The van der Waals surface area contributed by atoms with Gasteiger partial charge in [-0.1, -0.05) is 67.5 Å². The molecule has 0 aliphatic heterocycles. The number of benzene rings is 2. The maximum atomic E-state index is 12.1. The number of para-hydroxylation sites is 1. The molecule has 2 aromatic rings. The molecule has 25 heavy (non-hydrogen) atoms. The van der Waals surface area contributed by atoms with Crippen molar-refractivity contribution in [2.45, 2.75) is 33.1 Å². The molecule has 1 amide bonds. The molecule has 0 fully saturated rings. The van der Waals surface area contributed by atoms with Crippen molar-refractivity contribution >= 4 is 17.4 Å². The summed E-state index contributed by atoms with van der Waals surface area (Å²) >= 11 is 0. The van der Waals surface area contributed by atoms with Crippen LogP contribution >= 0.6 is 0 Å². The van der Waals surface area contributed by atoms with Gasteiger partial charge in [-0.2, -0.15) is 0 Å². The van der Waals surface area contributed by atoms with Crippen molar-refractivity contribution in [2.75, 3.05) is 11.9 Å². The lowest BCUT2D eigenvalue weighted by atomic mass is 9.98. The Bertz CT molecular complexity index is 740. The molecule has 3 N–H and O–H groups in total. The topological polar surface area (TPSA) is 76.7 Å². The lowest BCUT2D eigenvalue weighted by molar-refractivity contribution is -0.120. The van der Waals surface area contributed by atoms with E-state index in [-0.39, 0.29) is 12.5 Å². The van der Waals surface area contributed by atoms with Crippen LogP contribution in [0.1, 0.15) is 36.5 Å². The summed E-state index contributed by atoms with van der Waals surface area (Å²) in [5.41, 5.74) is 9.82. The van der Waals surface area contributed by atoms with Crippen molar-refractivity contribution in [1.29, 1.82) is 0 Å². The Hall–Kier alpha value is -2.82. The highest BCUT2D eigenvalue weighted by molar-refractivity contribution is 5.93. The molecule has 0 unspecified atom stereocenters. The van der Waals surface area contributed by atoms with E-state index in [1.165, 1.54) is 0 Å². The van der Waals surface area contributed by atoms with E-state index < -0.39 is 0 Å². The first-order valence-corrected chi connectivity index (χ1v) is 8.35. The van der Waals surface area contributed by atoms with Gasteiger partial charge in [-0.3, -0.25) is 4.79 Å². The average Bonchev–Trinajstić information content (AvgIpc) is 2.57. The number of rotatable bonds is 7. The molecule has 0 aliphatic rings. The van der Waals surface area contributed by atoms with Gasteiger partial charge in [-0.05, 0) is 29.5 Å². The molecule has 5 nitrogen and oxygen atoms in total. The third-order valence-electron chi connectivity index (χ3n) is 3.80. The second-order valence-corrected chi connectivity index (χ2v) is 6.26. The number of amidine groups is 1. The molecule has 0 aliphatic carbocycles. The van der Waals surface area contributed by atoms with Gasteiger partial charge in [-0.25, -0.2) is 0 Å². The largest absolute Gasteiger partial charge is 0.384 e. The number of carbonyl (C=O) groups is 1. The third kappa shape index (κ3) is 5.64. The van der Waals surface area contributed by atoms with Gasteiger partial charge in [0.2, 0.25) is 0 Å². The van der Waals surface area contributed by atoms with Crippen molar-refractivity contribution < 1.29 is 9.63 Å². The Labute approximate surface area is 148 Å². The number of oxime groups is 1. The summed E-state index contributed by atoms with van der Waals surface area (Å²) < 4.78 is 0. The van der Waals surface area contributed by atoms with E-state index in [1.807, 2.05) is 55.5 Å². The maximum absolute atomic E-state index is 12.1. The minimum Gasteiger partial charge on any atom is -0.384 e. The third-order valence-corrected chi connectivity index (χ3v) is 3.80. The fraction of sp³-hybridized carbons (Fsp3) is 0.300. The minimum absolute atomic E-state index is 0.179. The summed E-state index contributed by atoms with van der Waals surface area (Å²) in [6.45, 7) is 5.98. The molecule has 5 heteroatoms. The zero-order valence-electron chi connectivity index (χ0n) is 15.0. The van der Waals surface area contributed by atoms with Crippen LogP contribution in [0.3, 0.4) is 0 Å². The molecule has 0 atom stereocenters. The molecule has 0 aromatic heterocycles. The predicted molar refractivity (Wildman–Crippen MR) is 102 cm³/mol. The van der Waals surface area contributed by atoms with Gasteiger partial charge in [0.05, 0.1) is 0 Å². The molecule has 0 heterocycles. The van der Waals surface area contributed by atoms with Crippen LogP contribution in [0.2, 0.25) is 0 Å². The van der Waals surface area contributed by atoms with Gasteiger partial charge in [0, 0.05) is 12.1 Å². The summed E-state index contributed by atoms with van der Waals surface area (Å²) in [5.74, 6) is 0.390. The van der Waals surface area contributed by atoms with Crippen molar-refractivity contribution in [3.8, 4) is 0 Å². The Balaban J connectivity index is 1.90. The van der Waals surface area contributed by atoms with Crippen molar-refractivity contribution in [1.82, 2.24) is 0 Å². The van der Waals surface area contributed by atoms with E-state index in [1.54, 1.807) is 0 Å². The molecule has 0 radical (unpaired) electrons. The highest BCUT2D eigenvalue weighted by Crippen LogP contribution is 2.27. The molecule has 0 saturated carbocycles. The minimum atomic E-state index is -0.257. The van der Waals surface area contributed by atoms with Crippen LogP contribution in [0.4, 0.5) is 5.69 Å². The molecular weight excluding hydrogens is 314 g/mol. The van der Waals surface area contributed by atoms with Crippen LogP contribution in [0.25, 0.3) is 0 Å². The maximum Gasteiger partial charge on any atom is 0.265 e. The molecule has 2 aromatic carbocycles. The van der Waals surface area contributed by atoms with E-state index in [0.717, 1.165) is 22.4 Å². The number of hydrogen-bond donors (Lipinski definition) is 2. The van der Waals surface area contributed by atoms with Crippen LogP contribution in [0, 0.1) is 6.92 Å². The summed E-state index contributed by atoms with van der Waals surface area (Å²) in [6.07, 6.45) is 0.484. The summed E-state index contributed by atoms with van der Waals surface area (Å²) in [6, 6.07) is 15.7. The Morgan fingerprint density at radius 3 is 2.56 bits per heavy atom. The first-order chi connectivity index (χ1) is 12.0. The van der Waals surface area contributed by atoms with Crippen LogP contribution in [-0.4, -0.2) is 18.3 Å². The van der Waals surface area contributed by atoms with E-state index in [2.05, 4.69) is 24.3 Å². The smallest absolute Gasteiger partial charge is 0.265 e. The molecule has 0 spiro atoms. The molecule has 0 bridgehead atoms. The number of hydrogen-bond acceptors (Lipinski definition) is 3. The van der Waals surface area contributed by atoms with E-state index in [0.29, 0.717) is 18.2 Å². The number of carbonyl (C=O) groups excluding carboxylic acids is 1. The fourth-order valence-corrected chi connectivity index (χ4v) is 2.53. The predicted octanol–water partition coefficient (Wildman–Crippen LogP) is 3.59. The lowest BCUT2D eigenvalue weighted by Gasteiger charge is -2.16. The number of amides is 1. The number of nitrogens with zero attached hydrogens (tertiary/aromatic N) is 1.